The Morgan fingerprint density at radius 1 is 1.44 bits per heavy atom. The van der Waals surface area contributed by atoms with Gasteiger partial charge in [0, 0.05) is 5.69 Å². The molecule has 1 fully saturated rings. The average molecular weight is 219 g/mol. The molecule has 0 radical (unpaired) electrons. The Bertz CT molecular complexity index is 397. The van der Waals surface area contributed by atoms with Gasteiger partial charge in [0.25, 0.3) is 0 Å². The summed E-state index contributed by atoms with van der Waals surface area (Å²) in [6.07, 6.45) is 3.60. The van der Waals surface area contributed by atoms with Crippen molar-refractivity contribution in [3.05, 3.63) is 23.9 Å². The fourth-order valence-corrected chi connectivity index (χ4v) is 2.09. The van der Waals surface area contributed by atoms with E-state index in [0.717, 1.165) is 31.4 Å². The van der Waals surface area contributed by atoms with Crippen LogP contribution < -0.4 is 11.1 Å². The molecule has 1 aliphatic rings. The molecule has 0 unspecified atom stereocenters. The highest BCUT2D eigenvalue weighted by Crippen LogP contribution is 2.28. The van der Waals surface area contributed by atoms with E-state index in [2.05, 4.69) is 10.3 Å². The normalized spacial score (nSPS) is 18.4. The van der Waals surface area contributed by atoms with Crippen LogP contribution in [0, 0.1) is 6.92 Å². The summed E-state index contributed by atoms with van der Waals surface area (Å²) in [5.41, 5.74) is 6.24. The van der Waals surface area contributed by atoms with Crippen LogP contribution in [0.2, 0.25) is 0 Å². The van der Waals surface area contributed by atoms with Crippen LogP contribution >= 0.6 is 0 Å². The molecule has 0 saturated heterocycles. The minimum absolute atomic E-state index is 0.108. The number of nitrogens with two attached hydrogens (primary N) is 1. The lowest BCUT2D eigenvalue weighted by Gasteiger charge is -2.21. The molecule has 1 aromatic heterocycles. The van der Waals surface area contributed by atoms with Crippen molar-refractivity contribution in [1.29, 1.82) is 0 Å². The predicted octanol–water partition coefficient (Wildman–Crippen LogP) is 1.60. The molecule has 1 amide bonds. The summed E-state index contributed by atoms with van der Waals surface area (Å²) in [4.78, 5) is 16.2. The monoisotopic (exact) mass is 219 g/mol. The molecule has 0 spiro atoms. The number of carbonyl (C=O) groups excluding carboxylic acids is 1. The fourth-order valence-electron chi connectivity index (χ4n) is 2.09. The summed E-state index contributed by atoms with van der Waals surface area (Å²) in [6, 6.07) is 5.54. The number of hydrogen-bond donors (Lipinski definition) is 2. The Morgan fingerprint density at radius 3 is 2.75 bits per heavy atom. The van der Waals surface area contributed by atoms with Gasteiger partial charge in [-0.1, -0.05) is 18.9 Å². The van der Waals surface area contributed by atoms with E-state index in [1.54, 1.807) is 6.07 Å². The van der Waals surface area contributed by atoms with Crippen LogP contribution in [0.25, 0.3) is 0 Å². The van der Waals surface area contributed by atoms with E-state index in [1.807, 2.05) is 19.1 Å². The van der Waals surface area contributed by atoms with Crippen molar-refractivity contribution in [1.82, 2.24) is 4.98 Å². The summed E-state index contributed by atoms with van der Waals surface area (Å²) < 4.78 is 0. The van der Waals surface area contributed by atoms with E-state index >= 15 is 0 Å². The second kappa shape index (κ2) is 4.22. The largest absolute Gasteiger partial charge is 0.317 e. The van der Waals surface area contributed by atoms with E-state index in [4.69, 9.17) is 5.73 Å². The number of pyridine rings is 1. The van der Waals surface area contributed by atoms with Crippen molar-refractivity contribution < 1.29 is 4.79 Å². The Hall–Kier alpha value is -1.42. The number of amides is 1. The minimum Gasteiger partial charge on any atom is -0.317 e. The van der Waals surface area contributed by atoms with Gasteiger partial charge in [0.1, 0.15) is 5.82 Å². The van der Waals surface area contributed by atoms with Crippen molar-refractivity contribution in [3.63, 3.8) is 0 Å². The fraction of sp³-hybridized carbons (Fsp3) is 0.500. The molecular weight excluding hydrogens is 202 g/mol. The van der Waals surface area contributed by atoms with Crippen molar-refractivity contribution in [3.8, 4) is 0 Å². The number of hydrogen-bond acceptors (Lipinski definition) is 3. The second-order valence-electron chi connectivity index (χ2n) is 4.48. The zero-order valence-electron chi connectivity index (χ0n) is 9.49. The first-order chi connectivity index (χ1) is 7.60. The van der Waals surface area contributed by atoms with Crippen LogP contribution in [0.3, 0.4) is 0 Å². The van der Waals surface area contributed by atoms with E-state index in [-0.39, 0.29) is 5.91 Å². The first-order valence-corrected chi connectivity index (χ1v) is 5.64. The van der Waals surface area contributed by atoms with Gasteiger partial charge >= 0.3 is 0 Å². The highest BCUT2D eigenvalue weighted by molar-refractivity contribution is 5.97. The van der Waals surface area contributed by atoms with Gasteiger partial charge in [-0.2, -0.15) is 0 Å². The molecule has 86 valence electrons. The molecule has 1 heterocycles. The van der Waals surface area contributed by atoms with Gasteiger partial charge in [-0.25, -0.2) is 4.98 Å². The summed E-state index contributed by atoms with van der Waals surface area (Å²) in [5.74, 6) is 0.477. The third kappa shape index (κ3) is 2.22. The molecule has 2 rings (SSSR count). The zero-order valence-corrected chi connectivity index (χ0v) is 9.49. The van der Waals surface area contributed by atoms with Crippen molar-refractivity contribution in [2.75, 3.05) is 5.32 Å². The lowest BCUT2D eigenvalue weighted by molar-refractivity contribution is -0.121. The minimum atomic E-state index is -0.689. The van der Waals surface area contributed by atoms with E-state index in [1.165, 1.54) is 0 Å². The number of carbonyl (C=O) groups is 1. The van der Waals surface area contributed by atoms with Gasteiger partial charge in [0.15, 0.2) is 0 Å². The van der Waals surface area contributed by atoms with Gasteiger partial charge in [-0.15, -0.1) is 0 Å². The molecule has 0 aliphatic heterocycles. The predicted molar refractivity (Wildman–Crippen MR) is 63.0 cm³/mol. The molecule has 16 heavy (non-hydrogen) atoms. The maximum Gasteiger partial charge on any atom is 0.245 e. The third-order valence-electron chi connectivity index (χ3n) is 3.08. The van der Waals surface area contributed by atoms with Crippen LogP contribution in [-0.4, -0.2) is 16.4 Å². The molecule has 4 heteroatoms. The summed E-state index contributed by atoms with van der Waals surface area (Å²) >= 11 is 0. The van der Waals surface area contributed by atoms with Gasteiger partial charge in [0.2, 0.25) is 5.91 Å². The number of anilines is 1. The Morgan fingerprint density at radius 2 is 2.12 bits per heavy atom. The number of aryl methyl sites for hydroxylation is 1. The van der Waals surface area contributed by atoms with Crippen LogP contribution in [0.15, 0.2) is 18.2 Å². The van der Waals surface area contributed by atoms with Crippen LogP contribution in [-0.2, 0) is 4.79 Å². The van der Waals surface area contributed by atoms with Gasteiger partial charge < -0.3 is 11.1 Å². The average Bonchev–Trinajstić information content (AvgIpc) is 2.66. The first-order valence-electron chi connectivity index (χ1n) is 5.64. The Labute approximate surface area is 95.3 Å². The number of aromatic nitrogens is 1. The summed E-state index contributed by atoms with van der Waals surface area (Å²) in [6.45, 7) is 1.89. The van der Waals surface area contributed by atoms with Crippen molar-refractivity contribution in [2.24, 2.45) is 5.73 Å². The standard InChI is InChI=1S/C12H17N3O/c1-9-5-4-6-10(14-9)15-11(16)12(13)7-2-3-8-12/h4-6H,2-3,7-8,13H2,1H3,(H,14,15,16). The Balaban J connectivity index is 2.07. The zero-order chi connectivity index (χ0) is 11.6. The SMILES string of the molecule is Cc1cccc(NC(=O)C2(N)CCCC2)n1. The second-order valence-corrected chi connectivity index (χ2v) is 4.48. The molecule has 1 aliphatic carbocycles. The quantitative estimate of drug-likeness (QED) is 0.793. The molecule has 1 saturated carbocycles. The lowest BCUT2D eigenvalue weighted by atomic mass is 9.98. The lowest BCUT2D eigenvalue weighted by Crippen LogP contribution is -2.48. The van der Waals surface area contributed by atoms with Crippen molar-refractivity contribution in [2.45, 2.75) is 38.1 Å². The first kappa shape index (κ1) is 11.1. The third-order valence-corrected chi connectivity index (χ3v) is 3.08. The van der Waals surface area contributed by atoms with Crippen molar-refractivity contribution >= 4 is 11.7 Å². The van der Waals surface area contributed by atoms with E-state index < -0.39 is 5.54 Å². The van der Waals surface area contributed by atoms with Crippen LogP contribution in [0.5, 0.6) is 0 Å². The van der Waals surface area contributed by atoms with Gasteiger partial charge in [-0.3, -0.25) is 4.79 Å². The highest BCUT2D eigenvalue weighted by atomic mass is 16.2. The molecular formula is C12H17N3O. The highest BCUT2D eigenvalue weighted by Gasteiger charge is 2.37. The topological polar surface area (TPSA) is 68.0 Å². The molecule has 0 atom stereocenters. The molecule has 1 aromatic rings. The maximum atomic E-state index is 12.0. The maximum absolute atomic E-state index is 12.0. The van der Waals surface area contributed by atoms with Crippen LogP contribution in [0.4, 0.5) is 5.82 Å². The van der Waals surface area contributed by atoms with Crippen LogP contribution in [0.1, 0.15) is 31.4 Å². The number of rotatable bonds is 2. The van der Waals surface area contributed by atoms with E-state index in [0.29, 0.717) is 5.82 Å². The summed E-state index contributed by atoms with van der Waals surface area (Å²) in [7, 11) is 0. The van der Waals surface area contributed by atoms with Gasteiger partial charge in [0.05, 0.1) is 5.54 Å². The summed E-state index contributed by atoms with van der Waals surface area (Å²) in [5, 5.41) is 2.79. The number of nitrogens with one attached hydrogen (secondary N) is 1. The number of nitrogens with zero attached hydrogens (tertiary/aromatic N) is 1. The molecule has 3 N–H and O–H groups in total. The molecule has 0 aromatic carbocycles. The Kier molecular flexibility index (Phi) is 2.92. The smallest absolute Gasteiger partial charge is 0.245 e. The van der Waals surface area contributed by atoms with E-state index in [9.17, 15) is 4.79 Å². The molecule has 0 bridgehead atoms. The van der Waals surface area contributed by atoms with Gasteiger partial charge in [-0.05, 0) is 31.9 Å². The molecule has 4 nitrogen and oxygen atoms in total.